The Balaban J connectivity index is 1.87. The van der Waals surface area contributed by atoms with E-state index in [2.05, 4.69) is 14.9 Å². The van der Waals surface area contributed by atoms with Crippen LogP contribution in [0.5, 0.6) is 5.75 Å². The van der Waals surface area contributed by atoms with Crippen molar-refractivity contribution in [3.63, 3.8) is 0 Å². The maximum atomic E-state index is 14.4. The van der Waals surface area contributed by atoms with Gasteiger partial charge in [-0.05, 0) is 35.6 Å². The van der Waals surface area contributed by atoms with E-state index in [0.29, 0.717) is 11.0 Å². The molecule has 0 aliphatic carbocycles. The second kappa shape index (κ2) is 15.8. The molecule has 6 nitrogen and oxygen atoms in total. The third kappa shape index (κ3) is 7.95. The van der Waals surface area contributed by atoms with Gasteiger partial charge in [-0.1, -0.05) is 39.0 Å². The standard InChI is InChI=1S/C33H24F25N3O3/c1-21(2,3)15-12-14(13-18(20(15)63)61-59-16-6-4-5-7-17(16)60-61)8-9-19(62)64-11-10-22(34,35)23(36,37)24(38,39)25(40,41)26(42,43)27(44,45)28(46,47)29(48,49)30(50,51)31(52,53)32(54,55)33(56,57)58/h4-7,12-13,63H,8-11H2,1-3H3. The smallest absolute Gasteiger partial charge is 0.460 e. The van der Waals surface area contributed by atoms with Gasteiger partial charge in [0.2, 0.25) is 0 Å². The molecule has 1 heterocycles. The first kappa shape index (κ1) is 53.7. The van der Waals surface area contributed by atoms with Crippen molar-refractivity contribution in [1.29, 1.82) is 0 Å². The van der Waals surface area contributed by atoms with Gasteiger partial charge in [0, 0.05) is 12.0 Å². The number of hydrogen-bond acceptors (Lipinski definition) is 5. The minimum absolute atomic E-state index is 0.0903. The molecule has 0 aliphatic rings. The quantitative estimate of drug-likeness (QED) is 0.108. The first-order valence-corrected chi connectivity index (χ1v) is 16.8. The third-order valence-electron chi connectivity index (χ3n) is 9.12. The van der Waals surface area contributed by atoms with E-state index in [9.17, 15) is 120 Å². The summed E-state index contributed by atoms with van der Waals surface area (Å²) in [6, 6.07) is 8.68. The highest BCUT2D eigenvalue weighted by Crippen LogP contribution is 2.68. The monoisotopic (exact) mass is 985 g/mol. The number of phenolic OH excluding ortho intramolecular Hbond substituents is 1. The summed E-state index contributed by atoms with van der Waals surface area (Å²) in [5, 5.41) is 19.3. The number of carbonyl (C=O) groups is 1. The molecule has 0 atom stereocenters. The van der Waals surface area contributed by atoms with Gasteiger partial charge in [-0.2, -0.15) is 110 Å². The summed E-state index contributed by atoms with van der Waals surface area (Å²) < 4.78 is 347. The van der Waals surface area contributed by atoms with E-state index in [1.807, 2.05) is 0 Å². The van der Waals surface area contributed by atoms with E-state index in [4.69, 9.17) is 0 Å². The maximum Gasteiger partial charge on any atom is 0.460 e. The first-order valence-electron chi connectivity index (χ1n) is 16.8. The number of benzene rings is 2. The number of rotatable bonds is 17. The van der Waals surface area contributed by atoms with Crippen molar-refractivity contribution in [3.8, 4) is 11.4 Å². The van der Waals surface area contributed by atoms with Crippen molar-refractivity contribution >= 4 is 17.0 Å². The highest BCUT2D eigenvalue weighted by Gasteiger charge is 2.99. The van der Waals surface area contributed by atoms with Crippen molar-refractivity contribution in [2.24, 2.45) is 0 Å². The van der Waals surface area contributed by atoms with Crippen LogP contribution in [0.3, 0.4) is 0 Å². The maximum absolute atomic E-state index is 14.4. The molecule has 0 aliphatic heterocycles. The summed E-state index contributed by atoms with van der Waals surface area (Å²) in [6.07, 6.45) is -12.9. The second-order valence-corrected chi connectivity index (χ2v) is 14.7. The summed E-state index contributed by atoms with van der Waals surface area (Å²) in [7, 11) is 0. The fourth-order valence-electron chi connectivity index (χ4n) is 5.27. The van der Waals surface area contributed by atoms with E-state index in [0.717, 1.165) is 4.80 Å². The predicted molar refractivity (Wildman–Crippen MR) is 164 cm³/mol. The average Bonchev–Trinajstić information content (AvgIpc) is 3.56. The normalized spacial score (nSPS) is 15.2. The Morgan fingerprint density at radius 3 is 1.28 bits per heavy atom. The van der Waals surface area contributed by atoms with Crippen LogP contribution in [0.2, 0.25) is 0 Å². The number of alkyl halides is 25. The number of hydrogen-bond donors (Lipinski definition) is 1. The number of esters is 1. The van der Waals surface area contributed by atoms with E-state index in [1.54, 1.807) is 32.9 Å². The summed E-state index contributed by atoms with van der Waals surface area (Å²) in [6.45, 7) is 2.48. The van der Waals surface area contributed by atoms with Crippen molar-refractivity contribution in [2.75, 3.05) is 6.61 Å². The fourth-order valence-corrected chi connectivity index (χ4v) is 5.27. The zero-order valence-corrected chi connectivity index (χ0v) is 31.3. The molecule has 1 aromatic heterocycles. The molecular weight excluding hydrogens is 961 g/mol. The van der Waals surface area contributed by atoms with Gasteiger partial charge in [0.25, 0.3) is 0 Å². The predicted octanol–water partition coefficient (Wildman–Crippen LogP) is 11.8. The lowest BCUT2D eigenvalue weighted by atomic mass is 9.84. The van der Waals surface area contributed by atoms with Gasteiger partial charge in [-0.3, -0.25) is 4.79 Å². The van der Waals surface area contributed by atoms with Crippen LogP contribution in [0.15, 0.2) is 36.4 Å². The molecule has 364 valence electrons. The number of halogens is 25. The van der Waals surface area contributed by atoms with Crippen LogP contribution in [0.1, 0.15) is 44.7 Å². The fraction of sp³-hybridized carbons (Fsp3) is 0.606. The van der Waals surface area contributed by atoms with Gasteiger partial charge in [0.15, 0.2) is 0 Å². The lowest BCUT2D eigenvalue weighted by molar-refractivity contribution is -0.482. The lowest BCUT2D eigenvalue weighted by Gasteiger charge is -2.45. The number of ether oxygens (including phenoxy) is 1. The zero-order chi connectivity index (χ0) is 50.3. The molecule has 0 bridgehead atoms. The van der Waals surface area contributed by atoms with Gasteiger partial charge < -0.3 is 9.84 Å². The van der Waals surface area contributed by atoms with Gasteiger partial charge in [-0.25, -0.2) is 0 Å². The SMILES string of the molecule is CC(C)(C)c1cc(CCC(=O)OCCC(F)(F)C(F)(F)C(F)(F)C(F)(F)C(F)(F)C(F)(F)C(F)(F)C(F)(F)C(F)(F)C(F)(F)C(F)(F)C(F)(F)F)cc(-n2nc3ccccc3n2)c1O. The number of aromatic hydroxyl groups is 1. The molecule has 0 saturated heterocycles. The summed E-state index contributed by atoms with van der Waals surface area (Å²) in [5.74, 6) is -102. The molecule has 2 aromatic carbocycles. The zero-order valence-electron chi connectivity index (χ0n) is 31.3. The third-order valence-corrected chi connectivity index (χ3v) is 9.12. The Bertz CT molecular complexity index is 2160. The summed E-state index contributed by atoms with van der Waals surface area (Å²) in [4.78, 5) is 13.2. The Morgan fingerprint density at radius 2 is 0.922 bits per heavy atom. The van der Waals surface area contributed by atoms with Crippen LogP contribution >= 0.6 is 0 Å². The number of aromatic nitrogens is 3. The van der Waals surface area contributed by atoms with Crippen molar-refractivity contribution in [2.45, 2.75) is 117 Å². The molecule has 0 unspecified atom stereocenters. The number of fused-ring (bicyclic) bond motifs is 1. The Kier molecular flexibility index (Phi) is 13.2. The number of nitrogens with zero attached hydrogens (tertiary/aromatic N) is 3. The topological polar surface area (TPSA) is 77.2 Å². The van der Waals surface area contributed by atoms with Crippen LogP contribution in [-0.4, -0.2) is 104 Å². The highest BCUT2D eigenvalue weighted by molar-refractivity contribution is 5.74. The first-order chi connectivity index (χ1) is 28.2. The van der Waals surface area contributed by atoms with E-state index in [-0.39, 0.29) is 16.8 Å². The van der Waals surface area contributed by atoms with E-state index in [1.165, 1.54) is 24.3 Å². The summed E-state index contributed by atoms with van der Waals surface area (Å²) in [5.41, 5.74) is -0.0871. The van der Waals surface area contributed by atoms with Crippen LogP contribution < -0.4 is 0 Å². The summed E-state index contributed by atoms with van der Waals surface area (Å²) >= 11 is 0. The molecule has 64 heavy (non-hydrogen) atoms. The minimum atomic E-state index is -9.68. The van der Waals surface area contributed by atoms with Gasteiger partial charge in [0.1, 0.15) is 22.5 Å². The average molecular weight is 986 g/mol. The molecular formula is C33H24F25N3O3. The number of aryl methyl sites for hydroxylation is 1. The van der Waals surface area contributed by atoms with Crippen molar-refractivity contribution < 1.29 is 124 Å². The number of phenols is 1. The molecule has 0 radical (unpaired) electrons. The van der Waals surface area contributed by atoms with E-state index >= 15 is 0 Å². The largest absolute Gasteiger partial charge is 0.505 e. The van der Waals surface area contributed by atoms with E-state index < -0.39 is 114 Å². The molecule has 0 amide bonds. The van der Waals surface area contributed by atoms with Crippen LogP contribution in [-0.2, 0) is 21.4 Å². The highest BCUT2D eigenvalue weighted by atomic mass is 19.4. The van der Waals surface area contributed by atoms with Crippen LogP contribution in [0.4, 0.5) is 110 Å². The Labute approximate surface area is 339 Å². The Morgan fingerprint density at radius 1 is 0.562 bits per heavy atom. The van der Waals surface area contributed by atoms with Crippen molar-refractivity contribution in [3.05, 3.63) is 47.5 Å². The number of carbonyl (C=O) groups excluding carboxylic acids is 1. The van der Waals surface area contributed by atoms with Gasteiger partial charge in [-0.15, -0.1) is 15.0 Å². The second-order valence-electron chi connectivity index (χ2n) is 14.7. The molecule has 0 saturated carbocycles. The van der Waals surface area contributed by atoms with Crippen molar-refractivity contribution in [1.82, 2.24) is 15.0 Å². The minimum Gasteiger partial charge on any atom is -0.505 e. The lowest BCUT2D eigenvalue weighted by Crippen LogP contribution is -2.78. The van der Waals surface area contributed by atoms with Gasteiger partial charge in [0.05, 0.1) is 13.0 Å². The molecule has 0 spiro atoms. The molecule has 3 rings (SSSR count). The molecule has 1 N–H and O–H groups in total. The van der Waals surface area contributed by atoms with Crippen LogP contribution in [0.25, 0.3) is 16.7 Å². The molecule has 31 heteroatoms. The Hall–Kier alpha value is -4.64. The molecule has 0 fully saturated rings. The van der Waals surface area contributed by atoms with Crippen LogP contribution in [0, 0.1) is 0 Å². The molecule has 3 aromatic rings. The van der Waals surface area contributed by atoms with Gasteiger partial charge >= 0.3 is 77.3 Å².